The Balaban J connectivity index is 1.50. The third-order valence-electron chi connectivity index (χ3n) is 3.78. The van der Waals surface area contributed by atoms with Crippen LogP contribution in [0.5, 0.6) is 0 Å². The summed E-state index contributed by atoms with van der Waals surface area (Å²) in [6.07, 6.45) is 1.79. The van der Waals surface area contributed by atoms with E-state index in [0.29, 0.717) is 29.8 Å². The second kappa shape index (κ2) is 7.48. The summed E-state index contributed by atoms with van der Waals surface area (Å²) in [5.41, 5.74) is 6.51. The van der Waals surface area contributed by atoms with E-state index in [1.165, 1.54) is 11.8 Å². The van der Waals surface area contributed by atoms with Gasteiger partial charge >= 0.3 is 0 Å². The lowest BCUT2D eigenvalue weighted by molar-refractivity contribution is -0.128. The van der Waals surface area contributed by atoms with Gasteiger partial charge in [-0.2, -0.15) is 0 Å². The van der Waals surface area contributed by atoms with Gasteiger partial charge in [0, 0.05) is 44.1 Å². The topological polar surface area (TPSA) is 88.2 Å². The first-order valence-corrected chi connectivity index (χ1v) is 8.78. The highest BCUT2D eigenvalue weighted by Crippen LogP contribution is 2.17. The van der Waals surface area contributed by atoms with Crippen LogP contribution in [0.4, 0.5) is 11.6 Å². The Morgan fingerprint density at radius 1 is 1.25 bits per heavy atom. The van der Waals surface area contributed by atoms with E-state index in [9.17, 15) is 4.79 Å². The van der Waals surface area contributed by atoms with E-state index in [1.807, 2.05) is 30.0 Å². The van der Waals surface area contributed by atoms with Gasteiger partial charge in [0.2, 0.25) is 5.91 Å². The van der Waals surface area contributed by atoms with Crippen LogP contribution in [0.1, 0.15) is 5.69 Å². The fraction of sp³-hybridized carbons (Fsp3) is 0.375. The van der Waals surface area contributed by atoms with E-state index >= 15 is 0 Å². The number of nitrogens with two attached hydrogens (primary N) is 1. The Bertz CT molecular complexity index is 683. The number of nitrogens with zero attached hydrogens (tertiary/aromatic N) is 5. The van der Waals surface area contributed by atoms with Crippen molar-refractivity contribution in [3.63, 3.8) is 0 Å². The quantitative estimate of drug-likeness (QED) is 0.658. The summed E-state index contributed by atoms with van der Waals surface area (Å²) in [5, 5.41) is 0.549. The molecule has 2 aromatic heterocycles. The van der Waals surface area contributed by atoms with Crippen molar-refractivity contribution in [2.45, 2.75) is 12.1 Å². The zero-order valence-corrected chi connectivity index (χ0v) is 14.4. The van der Waals surface area contributed by atoms with E-state index < -0.39 is 0 Å². The maximum Gasteiger partial charge on any atom is 0.233 e. The van der Waals surface area contributed by atoms with Gasteiger partial charge in [0.1, 0.15) is 11.6 Å². The molecule has 0 aliphatic carbocycles. The molecule has 7 nitrogen and oxygen atoms in total. The smallest absolute Gasteiger partial charge is 0.233 e. The van der Waals surface area contributed by atoms with E-state index in [2.05, 4.69) is 19.9 Å². The molecule has 0 unspecified atom stereocenters. The molecule has 0 atom stereocenters. The minimum atomic E-state index is 0.101. The van der Waals surface area contributed by atoms with Crippen molar-refractivity contribution < 1.29 is 4.79 Å². The molecule has 1 fully saturated rings. The van der Waals surface area contributed by atoms with Gasteiger partial charge in [-0.05, 0) is 19.1 Å². The highest BCUT2D eigenvalue weighted by atomic mass is 32.2. The molecule has 0 aromatic carbocycles. The molecule has 1 amide bonds. The summed E-state index contributed by atoms with van der Waals surface area (Å²) in [4.78, 5) is 29.2. The van der Waals surface area contributed by atoms with Crippen molar-refractivity contribution in [2.24, 2.45) is 0 Å². The van der Waals surface area contributed by atoms with Crippen LogP contribution >= 0.6 is 11.8 Å². The molecule has 0 saturated carbocycles. The van der Waals surface area contributed by atoms with Gasteiger partial charge in [0.15, 0.2) is 5.16 Å². The first-order valence-electron chi connectivity index (χ1n) is 7.79. The molecular weight excluding hydrogens is 324 g/mol. The second-order valence-corrected chi connectivity index (χ2v) is 6.50. The summed E-state index contributed by atoms with van der Waals surface area (Å²) in [6.45, 7) is 4.85. The highest BCUT2D eigenvalue weighted by Gasteiger charge is 2.22. The molecule has 1 saturated heterocycles. The number of hydrogen-bond acceptors (Lipinski definition) is 7. The Morgan fingerprint density at radius 2 is 2.04 bits per heavy atom. The maximum atomic E-state index is 12.4. The molecular formula is C16H20N6OS. The number of rotatable bonds is 4. The summed E-state index contributed by atoms with van der Waals surface area (Å²) in [6, 6.07) is 7.58. The number of thioether (sulfide) groups is 1. The van der Waals surface area contributed by atoms with Gasteiger partial charge in [0.25, 0.3) is 0 Å². The molecule has 2 N–H and O–H groups in total. The van der Waals surface area contributed by atoms with E-state index in [-0.39, 0.29) is 5.91 Å². The average molecular weight is 344 g/mol. The minimum Gasteiger partial charge on any atom is -0.384 e. The maximum absolute atomic E-state index is 12.4. The number of piperazine rings is 1. The van der Waals surface area contributed by atoms with E-state index in [0.717, 1.165) is 24.6 Å². The lowest BCUT2D eigenvalue weighted by Crippen LogP contribution is -2.49. The van der Waals surface area contributed by atoms with Crippen LogP contribution in [0.15, 0.2) is 35.6 Å². The van der Waals surface area contributed by atoms with Gasteiger partial charge in [-0.15, -0.1) is 0 Å². The third kappa shape index (κ3) is 4.14. The van der Waals surface area contributed by atoms with Gasteiger partial charge in [-0.25, -0.2) is 15.0 Å². The molecule has 2 aromatic rings. The predicted octanol–water partition coefficient (Wildman–Crippen LogP) is 1.20. The van der Waals surface area contributed by atoms with Gasteiger partial charge in [-0.1, -0.05) is 17.8 Å². The van der Waals surface area contributed by atoms with Crippen LogP contribution in [-0.2, 0) is 4.79 Å². The van der Waals surface area contributed by atoms with Crippen molar-refractivity contribution in [1.82, 2.24) is 19.9 Å². The number of carbonyl (C=O) groups excluding carboxylic acids is 1. The summed E-state index contributed by atoms with van der Waals surface area (Å²) in [5.74, 6) is 1.82. The van der Waals surface area contributed by atoms with Crippen LogP contribution in [0, 0.1) is 6.92 Å². The summed E-state index contributed by atoms with van der Waals surface area (Å²) in [7, 11) is 0. The number of amides is 1. The van der Waals surface area contributed by atoms with Crippen molar-refractivity contribution in [2.75, 3.05) is 42.6 Å². The van der Waals surface area contributed by atoms with Crippen molar-refractivity contribution in [3.8, 4) is 0 Å². The van der Waals surface area contributed by atoms with E-state index in [1.54, 1.807) is 12.3 Å². The van der Waals surface area contributed by atoms with Crippen LogP contribution in [0.25, 0.3) is 0 Å². The van der Waals surface area contributed by atoms with Gasteiger partial charge in [-0.3, -0.25) is 4.79 Å². The molecule has 3 heterocycles. The first-order chi connectivity index (χ1) is 11.6. The number of carbonyl (C=O) groups is 1. The lowest BCUT2D eigenvalue weighted by atomic mass is 10.3. The van der Waals surface area contributed by atoms with Crippen LogP contribution in [-0.4, -0.2) is 57.7 Å². The van der Waals surface area contributed by atoms with Gasteiger partial charge < -0.3 is 15.5 Å². The molecule has 0 spiro atoms. The number of aromatic nitrogens is 3. The number of pyridine rings is 1. The fourth-order valence-corrected chi connectivity index (χ4v) is 3.39. The second-order valence-electron chi connectivity index (χ2n) is 5.56. The molecule has 24 heavy (non-hydrogen) atoms. The van der Waals surface area contributed by atoms with Crippen molar-refractivity contribution in [3.05, 3.63) is 36.2 Å². The molecule has 3 rings (SSSR count). The first kappa shape index (κ1) is 16.5. The predicted molar refractivity (Wildman–Crippen MR) is 94.9 cm³/mol. The van der Waals surface area contributed by atoms with E-state index in [4.69, 9.17) is 5.73 Å². The number of hydrogen-bond donors (Lipinski definition) is 1. The fourth-order valence-electron chi connectivity index (χ4n) is 2.57. The Kier molecular flexibility index (Phi) is 5.14. The largest absolute Gasteiger partial charge is 0.384 e. The molecule has 1 aliphatic heterocycles. The van der Waals surface area contributed by atoms with Crippen molar-refractivity contribution in [1.29, 1.82) is 0 Å². The highest BCUT2D eigenvalue weighted by molar-refractivity contribution is 7.99. The molecule has 0 bridgehead atoms. The monoisotopic (exact) mass is 344 g/mol. The Hall–Kier alpha value is -2.35. The van der Waals surface area contributed by atoms with Crippen LogP contribution in [0.3, 0.4) is 0 Å². The standard InChI is InChI=1S/C16H20N6OS/c1-12-10-13(17)20-16(19-12)24-11-15(23)22-8-6-21(7-9-22)14-4-2-3-5-18-14/h2-5,10H,6-9,11H2,1H3,(H2,17,19,20). The number of anilines is 2. The third-order valence-corrected chi connectivity index (χ3v) is 4.62. The number of aryl methyl sites for hydroxylation is 1. The van der Waals surface area contributed by atoms with Crippen molar-refractivity contribution >= 4 is 29.3 Å². The molecule has 126 valence electrons. The summed E-state index contributed by atoms with van der Waals surface area (Å²) >= 11 is 1.33. The zero-order chi connectivity index (χ0) is 16.9. The van der Waals surface area contributed by atoms with Gasteiger partial charge in [0.05, 0.1) is 5.75 Å². The molecule has 1 aliphatic rings. The SMILES string of the molecule is Cc1cc(N)nc(SCC(=O)N2CCN(c3ccccn3)CC2)n1. The van der Waals surface area contributed by atoms with Crippen LogP contribution in [0.2, 0.25) is 0 Å². The minimum absolute atomic E-state index is 0.101. The number of nitrogen functional groups attached to an aromatic ring is 1. The van der Waals surface area contributed by atoms with Crippen LogP contribution < -0.4 is 10.6 Å². The normalized spacial score (nSPS) is 14.7. The zero-order valence-electron chi connectivity index (χ0n) is 13.6. The lowest BCUT2D eigenvalue weighted by Gasteiger charge is -2.35. The Morgan fingerprint density at radius 3 is 2.71 bits per heavy atom. The summed E-state index contributed by atoms with van der Waals surface area (Å²) < 4.78 is 0. The average Bonchev–Trinajstić information content (AvgIpc) is 2.60. The Labute approximate surface area is 145 Å². The molecule has 0 radical (unpaired) electrons. The molecule has 8 heteroatoms.